The summed E-state index contributed by atoms with van der Waals surface area (Å²) in [5.74, 6) is 0.899. The van der Waals surface area contributed by atoms with E-state index in [2.05, 4.69) is 15.8 Å². The number of halogens is 3. The number of hydrogen-bond acceptors (Lipinski definition) is 4. The van der Waals surface area contributed by atoms with Gasteiger partial charge in [-0.25, -0.2) is 4.79 Å². The van der Waals surface area contributed by atoms with E-state index >= 15 is 0 Å². The Labute approximate surface area is 119 Å². The van der Waals surface area contributed by atoms with Gasteiger partial charge in [0, 0.05) is 19.2 Å². The molecule has 6 nitrogen and oxygen atoms in total. The molecule has 2 amide bonds. The van der Waals surface area contributed by atoms with Crippen LogP contribution in [0.25, 0.3) is 0 Å². The topological polar surface area (TPSA) is 70.4 Å². The Kier molecular flexibility index (Phi) is 4.71. The Hall–Kier alpha value is -1.77. The van der Waals surface area contributed by atoms with Crippen LogP contribution >= 0.6 is 0 Å². The summed E-state index contributed by atoms with van der Waals surface area (Å²) in [5.41, 5.74) is 0. The molecule has 2 N–H and O–H groups in total. The second-order valence-electron chi connectivity index (χ2n) is 5.16. The van der Waals surface area contributed by atoms with Crippen LogP contribution in [0.2, 0.25) is 0 Å². The van der Waals surface area contributed by atoms with E-state index in [1.54, 1.807) is 13.0 Å². The molecular formula is C12H17F3N4O2. The van der Waals surface area contributed by atoms with E-state index in [4.69, 9.17) is 4.52 Å². The average molecular weight is 306 g/mol. The number of anilines is 1. The van der Waals surface area contributed by atoms with Crippen LogP contribution in [0.5, 0.6) is 0 Å². The zero-order valence-electron chi connectivity index (χ0n) is 11.5. The largest absolute Gasteiger partial charge is 0.401 e. The second-order valence-corrected chi connectivity index (χ2v) is 5.16. The van der Waals surface area contributed by atoms with Crippen molar-refractivity contribution in [1.82, 2.24) is 15.4 Å². The highest BCUT2D eigenvalue weighted by Crippen LogP contribution is 2.22. The molecule has 118 valence electrons. The number of hydrogen-bond donors (Lipinski definition) is 2. The number of rotatable bonds is 4. The maximum atomic E-state index is 12.3. The monoisotopic (exact) mass is 306 g/mol. The normalized spacial score (nSPS) is 19.7. The molecule has 0 spiro atoms. The van der Waals surface area contributed by atoms with Crippen molar-refractivity contribution in [2.24, 2.45) is 5.92 Å². The van der Waals surface area contributed by atoms with Gasteiger partial charge in [0.25, 0.3) is 0 Å². The Bertz CT molecular complexity index is 489. The second kappa shape index (κ2) is 6.33. The third-order valence-electron chi connectivity index (χ3n) is 3.19. The van der Waals surface area contributed by atoms with Crippen molar-refractivity contribution < 1.29 is 22.5 Å². The first-order valence-electron chi connectivity index (χ1n) is 6.59. The zero-order valence-corrected chi connectivity index (χ0v) is 11.5. The molecule has 1 aromatic rings. The predicted octanol–water partition coefficient (Wildman–Crippen LogP) is 1.99. The highest BCUT2D eigenvalue weighted by atomic mass is 19.4. The molecule has 0 bridgehead atoms. The summed E-state index contributed by atoms with van der Waals surface area (Å²) in [5, 5.41) is 8.72. The van der Waals surface area contributed by atoms with Gasteiger partial charge < -0.3 is 9.84 Å². The van der Waals surface area contributed by atoms with Gasteiger partial charge in [0.1, 0.15) is 5.76 Å². The number of nitrogens with zero attached hydrogens (tertiary/aromatic N) is 2. The first kappa shape index (κ1) is 15.6. The lowest BCUT2D eigenvalue weighted by Gasteiger charge is -2.17. The van der Waals surface area contributed by atoms with Crippen molar-refractivity contribution >= 4 is 11.8 Å². The fourth-order valence-electron chi connectivity index (χ4n) is 2.30. The smallest absolute Gasteiger partial charge is 0.360 e. The number of aromatic nitrogens is 1. The number of carbonyl (C=O) groups excluding carboxylic acids is 1. The lowest BCUT2D eigenvalue weighted by atomic mass is 10.1. The maximum Gasteiger partial charge on any atom is 0.401 e. The molecule has 21 heavy (non-hydrogen) atoms. The number of urea groups is 1. The first-order chi connectivity index (χ1) is 9.82. The molecule has 2 rings (SSSR count). The third-order valence-corrected chi connectivity index (χ3v) is 3.19. The van der Waals surface area contributed by atoms with E-state index < -0.39 is 18.8 Å². The van der Waals surface area contributed by atoms with E-state index in [-0.39, 0.29) is 5.92 Å². The molecule has 1 fully saturated rings. The summed E-state index contributed by atoms with van der Waals surface area (Å²) >= 11 is 0. The minimum atomic E-state index is -4.18. The molecule has 9 heteroatoms. The summed E-state index contributed by atoms with van der Waals surface area (Å²) < 4.78 is 41.6. The van der Waals surface area contributed by atoms with Crippen LogP contribution in [0, 0.1) is 12.8 Å². The zero-order chi connectivity index (χ0) is 15.5. The fraction of sp³-hybridized carbons (Fsp3) is 0.667. The Morgan fingerprint density at radius 3 is 2.95 bits per heavy atom. The maximum absolute atomic E-state index is 12.3. The van der Waals surface area contributed by atoms with Gasteiger partial charge in [-0.3, -0.25) is 10.2 Å². The van der Waals surface area contributed by atoms with Crippen LogP contribution in [0.1, 0.15) is 12.2 Å². The predicted molar refractivity (Wildman–Crippen MR) is 68.9 cm³/mol. The number of alkyl halides is 3. The van der Waals surface area contributed by atoms with E-state index in [1.165, 1.54) is 4.90 Å². The number of likely N-dealkylation sites (tertiary alicyclic amines) is 1. The Morgan fingerprint density at radius 1 is 1.57 bits per heavy atom. The van der Waals surface area contributed by atoms with Gasteiger partial charge in [0.2, 0.25) is 0 Å². The molecule has 0 aliphatic carbocycles. The van der Waals surface area contributed by atoms with Crippen LogP contribution < -0.4 is 10.6 Å². The van der Waals surface area contributed by atoms with Crippen LogP contribution in [0.4, 0.5) is 23.8 Å². The van der Waals surface area contributed by atoms with Crippen LogP contribution in [-0.2, 0) is 0 Å². The number of amides is 2. The van der Waals surface area contributed by atoms with Crippen molar-refractivity contribution in [3.63, 3.8) is 0 Å². The molecule has 0 unspecified atom stereocenters. The SMILES string of the molecule is Cc1cc(NC(=O)NC[C@H]2CCN(CC(F)(F)F)C2)no1. The minimum absolute atomic E-state index is 0.0251. The van der Waals surface area contributed by atoms with Gasteiger partial charge in [0.15, 0.2) is 5.82 Å². The van der Waals surface area contributed by atoms with Gasteiger partial charge >= 0.3 is 12.2 Å². The summed E-state index contributed by atoms with van der Waals surface area (Å²) in [6, 6.07) is 1.12. The molecular weight excluding hydrogens is 289 g/mol. The molecule has 0 aromatic carbocycles. The highest BCUT2D eigenvalue weighted by molar-refractivity contribution is 5.88. The number of aryl methyl sites for hydroxylation is 1. The third kappa shape index (κ3) is 5.25. The van der Waals surface area contributed by atoms with E-state index in [0.29, 0.717) is 37.6 Å². The standard InChI is InChI=1S/C12H17F3N4O2/c1-8-4-10(18-21-8)17-11(20)16-5-9-2-3-19(6-9)7-12(13,14)15/h4,9H,2-3,5-7H2,1H3,(H2,16,17,18,20)/t9-/m1/s1. The molecule has 1 aromatic heterocycles. The van der Waals surface area contributed by atoms with Crippen molar-refractivity contribution in [3.8, 4) is 0 Å². The summed E-state index contributed by atoms with van der Waals surface area (Å²) in [6.45, 7) is 1.87. The van der Waals surface area contributed by atoms with Gasteiger partial charge in [-0.05, 0) is 25.8 Å². The fourth-order valence-corrected chi connectivity index (χ4v) is 2.30. The number of nitrogens with one attached hydrogen (secondary N) is 2. The van der Waals surface area contributed by atoms with E-state index in [1.807, 2.05) is 0 Å². The van der Waals surface area contributed by atoms with Crippen molar-refractivity contribution in [2.75, 3.05) is 31.5 Å². The summed E-state index contributed by atoms with van der Waals surface area (Å²) in [6.07, 6.45) is -3.54. The van der Waals surface area contributed by atoms with E-state index in [9.17, 15) is 18.0 Å². The molecule has 1 atom stereocenters. The Balaban J connectivity index is 1.68. The van der Waals surface area contributed by atoms with Gasteiger partial charge in [-0.2, -0.15) is 13.2 Å². The molecule has 0 saturated carbocycles. The average Bonchev–Trinajstić information content (AvgIpc) is 2.94. The van der Waals surface area contributed by atoms with Crippen LogP contribution in [0.3, 0.4) is 0 Å². The van der Waals surface area contributed by atoms with Gasteiger partial charge in [0.05, 0.1) is 6.54 Å². The van der Waals surface area contributed by atoms with Crippen molar-refractivity contribution in [2.45, 2.75) is 19.5 Å². The molecule has 1 aliphatic heterocycles. The lowest BCUT2D eigenvalue weighted by molar-refractivity contribution is -0.143. The Morgan fingerprint density at radius 2 is 2.33 bits per heavy atom. The first-order valence-corrected chi connectivity index (χ1v) is 6.59. The summed E-state index contributed by atoms with van der Waals surface area (Å²) in [4.78, 5) is 12.9. The van der Waals surface area contributed by atoms with Gasteiger partial charge in [-0.1, -0.05) is 5.16 Å². The molecule has 0 radical (unpaired) electrons. The summed E-state index contributed by atoms with van der Waals surface area (Å²) in [7, 11) is 0. The molecule has 1 saturated heterocycles. The lowest BCUT2D eigenvalue weighted by Crippen LogP contribution is -2.36. The van der Waals surface area contributed by atoms with Crippen molar-refractivity contribution in [1.29, 1.82) is 0 Å². The van der Waals surface area contributed by atoms with Crippen LogP contribution in [-0.4, -0.2) is 48.4 Å². The van der Waals surface area contributed by atoms with Crippen molar-refractivity contribution in [3.05, 3.63) is 11.8 Å². The molecule has 2 heterocycles. The number of carbonyl (C=O) groups is 1. The van der Waals surface area contributed by atoms with Gasteiger partial charge in [-0.15, -0.1) is 0 Å². The van der Waals surface area contributed by atoms with E-state index in [0.717, 1.165) is 0 Å². The molecule has 1 aliphatic rings. The minimum Gasteiger partial charge on any atom is -0.360 e. The van der Waals surface area contributed by atoms with Crippen LogP contribution in [0.15, 0.2) is 10.6 Å². The quantitative estimate of drug-likeness (QED) is 0.892. The highest BCUT2D eigenvalue weighted by Gasteiger charge is 2.34.